The molecule has 154 valence electrons. The summed E-state index contributed by atoms with van der Waals surface area (Å²) in [5.74, 6) is 0.0208. The van der Waals surface area contributed by atoms with E-state index in [0.717, 1.165) is 37.7 Å². The lowest BCUT2D eigenvalue weighted by Crippen LogP contribution is -2.52. The zero-order valence-corrected chi connectivity index (χ0v) is 16.7. The van der Waals surface area contributed by atoms with Crippen molar-refractivity contribution in [2.45, 2.75) is 51.2 Å². The second kappa shape index (κ2) is 6.92. The summed E-state index contributed by atoms with van der Waals surface area (Å²) in [6.45, 7) is 4.25. The van der Waals surface area contributed by atoms with Crippen LogP contribution in [-0.2, 0) is 22.7 Å². The van der Waals surface area contributed by atoms with E-state index in [9.17, 15) is 14.4 Å². The topological polar surface area (TPSA) is 95.7 Å². The summed E-state index contributed by atoms with van der Waals surface area (Å²) in [6, 6.07) is 5.50. The Morgan fingerprint density at radius 1 is 1.21 bits per heavy atom. The molecular weight excluding hydrogens is 368 g/mol. The van der Waals surface area contributed by atoms with E-state index in [1.807, 2.05) is 12.1 Å². The first-order valence-corrected chi connectivity index (χ1v) is 10.7. The van der Waals surface area contributed by atoms with E-state index in [4.69, 9.17) is 5.73 Å². The number of nitrogens with two attached hydrogens (primary N) is 1. The number of nitrogens with one attached hydrogen (secondary N) is 1. The van der Waals surface area contributed by atoms with Gasteiger partial charge in [0.05, 0.1) is 0 Å². The molecule has 3 aliphatic heterocycles. The molecule has 0 radical (unpaired) electrons. The van der Waals surface area contributed by atoms with Crippen LogP contribution in [-0.4, -0.2) is 53.2 Å². The minimum absolute atomic E-state index is 0.112. The van der Waals surface area contributed by atoms with Crippen molar-refractivity contribution in [2.75, 3.05) is 19.6 Å². The number of carbonyl (C=O) groups excluding carboxylic acids is 3. The molecule has 3 atom stereocenters. The van der Waals surface area contributed by atoms with Crippen LogP contribution < -0.4 is 11.1 Å². The molecule has 3 fully saturated rings. The van der Waals surface area contributed by atoms with Gasteiger partial charge in [-0.3, -0.25) is 24.6 Å². The summed E-state index contributed by atoms with van der Waals surface area (Å²) in [5, 5.41) is 2.35. The van der Waals surface area contributed by atoms with Gasteiger partial charge < -0.3 is 10.6 Å². The highest BCUT2D eigenvalue weighted by atomic mass is 16.2. The molecule has 1 aromatic carbocycles. The number of carbonyl (C=O) groups is 3. The summed E-state index contributed by atoms with van der Waals surface area (Å²) in [5.41, 5.74) is 9.25. The average Bonchev–Trinajstić information content (AvgIpc) is 3.18. The van der Waals surface area contributed by atoms with E-state index in [1.54, 1.807) is 4.90 Å². The molecule has 3 unspecified atom stereocenters. The summed E-state index contributed by atoms with van der Waals surface area (Å²) in [7, 11) is 0. The number of imide groups is 1. The molecule has 2 bridgehead atoms. The SMILES string of the molecule is NCC12CCC(CN(Cc3ccc4c(c3)CN(C3CCC(=O)NC3=O)C4=O)C1)C2. The Morgan fingerprint density at radius 2 is 2.07 bits per heavy atom. The molecule has 7 heteroatoms. The summed E-state index contributed by atoms with van der Waals surface area (Å²) in [4.78, 5) is 40.6. The monoisotopic (exact) mass is 396 g/mol. The van der Waals surface area contributed by atoms with Crippen molar-refractivity contribution in [3.63, 3.8) is 0 Å². The van der Waals surface area contributed by atoms with Crippen LogP contribution in [0.15, 0.2) is 18.2 Å². The molecule has 0 spiro atoms. The minimum Gasteiger partial charge on any atom is -0.330 e. The molecule has 0 aromatic heterocycles. The molecular formula is C22H28N4O3. The Balaban J connectivity index is 1.30. The van der Waals surface area contributed by atoms with Crippen molar-refractivity contribution in [1.82, 2.24) is 15.1 Å². The smallest absolute Gasteiger partial charge is 0.255 e. The van der Waals surface area contributed by atoms with Crippen LogP contribution in [0.25, 0.3) is 0 Å². The van der Waals surface area contributed by atoms with Crippen LogP contribution in [0.3, 0.4) is 0 Å². The largest absolute Gasteiger partial charge is 0.330 e. The van der Waals surface area contributed by atoms with Gasteiger partial charge in [-0.05, 0) is 60.8 Å². The number of hydrogen-bond donors (Lipinski definition) is 2. The van der Waals surface area contributed by atoms with E-state index in [0.29, 0.717) is 18.5 Å². The van der Waals surface area contributed by atoms with Crippen LogP contribution in [0.5, 0.6) is 0 Å². The van der Waals surface area contributed by atoms with Gasteiger partial charge in [0.1, 0.15) is 6.04 Å². The number of benzene rings is 1. The van der Waals surface area contributed by atoms with Gasteiger partial charge in [0.2, 0.25) is 11.8 Å². The zero-order valence-electron chi connectivity index (χ0n) is 16.7. The third kappa shape index (κ3) is 3.26. The fourth-order valence-corrected chi connectivity index (χ4v) is 5.89. The lowest BCUT2D eigenvalue weighted by Gasteiger charge is -2.39. The van der Waals surface area contributed by atoms with Crippen molar-refractivity contribution in [2.24, 2.45) is 17.1 Å². The third-order valence-corrected chi connectivity index (χ3v) is 7.31. The molecule has 3 amide bonds. The second-order valence-electron chi connectivity index (χ2n) is 9.37. The standard InChI is InChI=1S/C22H28N4O3/c23-12-22-6-5-15(8-22)10-25(13-22)9-14-1-2-17-16(7-14)11-26(21(17)29)18-3-4-19(27)24-20(18)28/h1-2,7,15,18H,3-6,8-13,23H2,(H,24,27,28). The summed E-state index contributed by atoms with van der Waals surface area (Å²) >= 11 is 0. The Labute approximate surface area is 170 Å². The van der Waals surface area contributed by atoms with Crippen LogP contribution in [0, 0.1) is 11.3 Å². The van der Waals surface area contributed by atoms with Crippen LogP contribution >= 0.6 is 0 Å². The number of fused-ring (bicyclic) bond motifs is 3. The Kier molecular flexibility index (Phi) is 4.47. The van der Waals surface area contributed by atoms with Gasteiger partial charge in [0.25, 0.3) is 5.91 Å². The van der Waals surface area contributed by atoms with Crippen LogP contribution in [0.2, 0.25) is 0 Å². The Hall–Kier alpha value is -2.25. The predicted octanol–water partition coefficient (Wildman–Crippen LogP) is 1.01. The molecule has 5 rings (SSSR count). The van der Waals surface area contributed by atoms with Gasteiger partial charge in [-0.15, -0.1) is 0 Å². The van der Waals surface area contributed by atoms with Gasteiger partial charge in [0.15, 0.2) is 0 Å². The number of hydrogen-bond acceptors (Lipinski definition) is 5. The maximum atomic E-state index is 12.8. The van der Waals surface area contributed by atoms with E-state index in [1.165, 1.54) is 24.8 Å². The third-order valence-electron chi connectivity index (χ3n) is 7.31. The first kappa shape index (κ1) is 18.8. The predicted molar refractivity (Wildman–Crippen MR) is 107 cm³/mol. The van der Waals surface area contributed by atoms with Crippen LogP contribution in [0.1, 0.15) is 53.6 Å². The highest BCUT2D eigenvalue weighted by Crippen LogP contribution is 2.46. The second-order valence-corrected chi connectivity index (χ2v) is 9.37. The number of piperidine rings is 2. The van der Waals surface area contributed by atoms with Gasteiger partial charge in [-0.1, -0.05) is 12.1 Å². The molecule has 3 heterocycles. The summed E-state index contributed by atoms with van der Waals surface area (Å²) < 4.78 is 0. The molecule has 4 aliphatic rings. The molecule has 1 saturated carbocycles. The van der Waals surface area contributed by atoms with Gasteiger partial charge in [-0.2, -0.15) is 0 Å². The summed E-state index contributed by atoms with van der Waals surface area (Å²) in [6.07, 6.45) is 4.46. The molecule has 7 nitrogen and oxygen atoms in total. The first-order chi connectivity index (χ1) is 14.0. The molecule has 29 heavy (non-hydrogen) atoms. The number of amides is 3. The minimum atomic E-state index is -0.557. The lowest BCUT2D eigenvalue weighted by atomic mass is 9.82. The molecule has 2 saturated heterocycles. The van der Waals surface area contributed by atoms with Crippen molar-refractivity contribution in [3.8, 4) is 0 Å². The highest BCUT2D eigenvalue weighted by Gasteiger charge is 2.44. The lowest BCUT2D eigenvalue weighted by molar-refractivity contribution is -0.136. The molecule has 1 aromatic rings. The number of nitrogens with zero attached hydrogens (tertiary/aromatic N) is 2. The first-order valence-electron chi connectivity index (χ1n) is 10.7. The Bertz CT molecular complexity index is 885. The van der Waals surface area contributed by atoms with E-state index >= 15 is 0 Å². The molecule has 3 N–H and O–H groups in total. The van der Waals surface area contributed by atoms with Crippen molar-refractivity contribution in [3.05, 3.63) is 34.9 Å². The number of likely N-dealkylation sites (tertiary alicyclic amines) is 1. The quantitative estimate of drug-likeness (QED) is 0.741. The maximum absolute atomic E-state index is 12.8. The van der Waals surface area contributed by atoms with E-state index in [-0.39, 0.29) is 29.6 Å². The van der Waals surface area contributed by atoms with Crippen molar-refractivity contribution < 1.29 is 14.4 Å². The van der Waals surface area contributed by atoms with E-state index in [2.05, 4.69) is 16.3 Å². The molecule has 1 aliphatic carbocycles. The zero-order chi connectivity index (χ0) is 20.2. The van der Waals surface area contributed by atoms with Gasteiger partial charge in [-0.25, -0.2) is 0 Å². The average molecular weight is 396 g/mol. The fraction of sp³-hybridized carbons (Fsp3) is 0.591. The van der Waals surface area contributed by atoms with Crippen LogP contribution in [0.4, 0.5) is 0 Å². The normalized spacial score (nSPS) is 31.9. The maximum Gasteiger partial charge on any atom is 0.255 e. The van der Waals surface area contributed by atoms with Gasteiger partial charge in [0, 0.05) is 38.2 Å². The Morgan fingerprint density at radius 3 is 2.86 bits per heavy atom. The van der Waals surface area contributed by atoms with Crippen molar-refractivity contribution >= 4 is 17.7 Å². The number of rotatable bonds is 4. The van der Waals surface area contributed by atoms with Crippen molar-refractivity contribution in [1.29, 1.82) is 0 Å². The van der Waals surface area contributed by atoms with Gasteiger partial charge >= 0.3 is 0 Å². The van der Waals surface area contributed by atoms with E-state index < -0.39 is 6.04 Å². The fourth-order valence-electron chi connectivity index (χ4n) is 5.89. The highest BCUT2D eigenvalue weighted by molar-refractivity contribution is 6.05.